The van der Waals surface area contributed by atoms with Crippen molar-refractivity contribution in [1.29, 1.82) is 0 Å². The maximum Gasteiger partial charge on any atom is 0.261 e. The number of hydrogen-bond acceptors (Lipinski definition) is 4. The Balaban J connectivity index is 1.54. The number of para-hydroxylation sites is 1. The summed E-state index contributed by atoms with van der Waals surface area (Å²) in [6.45, 7) is 7.91. The number of rotatable bonds is 4. The number of carbonyl (C=O) groups excluding carboxylic acids is 1. The van der Waals surface area contributed by atoms with Gasteiger partial charge in [-0.3, -0.25) is 4.79 Å². The Bertz CT molecular complexity index is 974. The van der Waals surface area contributed by atoms with E-state index in [1.165, 1.54) is 17.7 Å². The fourth-order valence-electron chi connectivity index (χ4n) is 3.95. The van der Waals surface area contributed by atoms with Crippen LogP contribution < -0.4 is 4.74 Å². The minimum absolute atomic E-state index is 0.0125. The first-order valence-corrected chi connectivity index (χ1v) is 9.34. The predicted molar refractivity (Wildman–Crippen MR) is 103 cm³/mol. The highest BCUT2D eigenvalue weighted by Crippen LogP contribution is 2.33. The number of benzene rings is 1. The first-order chi connectivity index (χ1) is 13.1. The van der Waals surface area contributed by atoms with E-state index in [0.717, 1.165) is 17.4 Å². The van der Waals surface area contributed by atoms with Crippen molar-refractivity contribution in [3.05, 3.63) is 54.1 Å². The van der Waals surface area contributed by atoms with Crippen LogP contribution in [-0.4, -0.2) is 38.5 Å². The average Bonchev–Trinajstić information content (AvgIpc) is 3.06. The lowest BCUT2D eigenvalue weighted by Crippen LogP contribution is -2.46. The number of nitrogens with zero attached hydrogens (tertiary/aromatic N) is 4. The molecule has 0 saturated carbocycles. The predicted octanol–water partition coefficient (Wildman–Crippen LogP) is 3.36. The Morgan fingerprint density at radius 1 is 1.19 bits per heavy atom. The third-order valence-electron chi connectivity index (χ3n) is 5.23. The summed E-state index contributed by atoms with van der Waals surface area (Å²) in [5.74, 6) is 0.759. The van der Waals surface area contributed by atoms with Gasteiger partial charge in [0.2, 0.25) is 5.88 Å². The molecule has 0 fully saturated rings. The number of amides is 1. The summed E-state index contributed by atoms with van der Waals surface area (Å²) in [5, 5.41) is 0.816. The van der Waals surface area contributed by atoms with Crippen molar-refractivity contribution in [2.24, 2.45) is 5.92 Å². The van der Waals surface area contributed by atoms with Crippen LogP contribution in [0.3, 0.4) is 0 Å². The Morgan fingerprint density at radius 3 is 2.81 bits per heavy atom. The second kappa shape index (κ2) is 7.02. The quantitative estimate of drug-likeness (QED) is 0.712. The molecule has 0 bridgehead atoms. The normalized spacial score (nSPS) is 16.6. The molecule has 0 radical (unpaired) electrons. The van der Waals surface area contributed by atoms with Crippen molar-refractivity contribution >= 4 is 16.8 Å². The number of aromatic nitrogens is 3. The summed E-state index contributed by atoms with van der Waals surface area (Å²) < 4.78 is 8.12. The van der Waals surface area contributed by atoms with Gasteiger partial charge in [-0.25, -0.2) is 9.97 Å². The molecular formula is C21H24N4O2. The highest BCUT2D eigenvalue weighted by atomic mass is 16.5. The van der Waals surface area contributed by atoms with Gasteiger partial charge < -0.3 is 14.2 Å². The molecule has 6 heteroatoms. The van der Waals surface area contributed by atoms with Crippen molar-refractivity contribution in [3.63, 3.8) is 0 Å². The molecule has 1 unspecified atom stereocenters. The summed E-state index contributed by atoms with van der Waals surface area (Å²) in [7, 11) is 0. The van der Waals surface area contributed by atoms with Crippen LogP contribution in [-0.2, 0) is 11.3 Å². The highest BCUT2D eigenvalue weighted by Gasteiger charge is 2.33. The van der Waals surface area contributed by atoms with Crippen molar-refractivity contribution in [3.8, 4) is 5.88 Å². The van der Waals surface area contributed by atoms with E-state index in [1.54, 1.807) is 0 Å². The molecule has 0 aliphatic carbocycles. The Hall–Kier alpha value is -2.89. The van der Waals surface area contributed by atoms with Gasteiger partial charge in [0.25, 0.3) is 5.91 Å². The summed E-state index contributed by atoms with van der Waals surface area (Å²) in [6.07, 6.45) is 1.47. The van der Waals surface area contributed by atoms with Gasteiger partial charge in [-0.15, -0.1) is 0 Å². The van der Waals surface area contributed by atoms with E-state index in [9.17, 15) is 4.79 Å². The smallest absolute Gasteiger partial charge is 0.261 e. The number of ether oxygens (including phenoxy) is 1. The number of fused-ring (bicyclic) bond motifs is 2. The third-order valence-corrected chi connectivity index (χ3v) is 5.23. The van der Waals surface area contributed by atoms with Crippen LogP contribution in [0, 0.1) is 12.8 Å². The Kier molecular flexibility index (Phi) is 4.56. The molecule has 3 heterocycles. The van der Waals surface area contributed by atoms with E-state index in [1.807, 2.05) is 29.2 Å². The lowest BCUT2D eigenvalue weighted by molar-refractivity contribution is -0.138. The largest absolute Gasteiger partial charge is 0.467 e. The summed E-state index contributed by atoms with van der Waals surface area (Å²) >= 11 is 0. The molecule has 4 rings (SSSR count). The third kappa shape index (κ3) is 3.16. The molecule has 2 aromatic heterocycles. The topological polar surface area (TPSA) is 60.2 Å². The maximum absolute atomic E-state index is 13.0. The molecule has 1 aromatic carbocycles. The standard InChI is InChI=1S/C21H24N4O2/c1-14(2)20-18-9-8-15(3)24(18)10-11-25(20)19(26)12-27-21-16-6-4-5-7-17(16)22-13-23-21/h4-9,13-14,20H,10-12H2,1-3H3. The SMILES string of the molecule is Cc1ccc2n1CCN(C(=O)COc1ncnc3ccccc13)C2C(C)C. The van der Waals surface area contributed by atoms with Crippen molar-refractivity contribution < 1.29 is 9.53 Å². The molecule has 0 saturated heterocycles. The molecule has 1 amide bonds. The molecule has 3 aromatic rings. The van der Waals surface area contributed by atoms with Gasteiger partial charge in [-0.2, -0.15) is 0 Å². The first kappa shape index (κ1) is 17.5. The molecular weight excluding hydrogens is 340 g/mol. The van der Waals surface area contributed by atoms with Gasteiger partial charge in [0.05, 0.1) is 16.9 Å². The van der Waals surface area contributed by atoms with E-state index in [2.05, 4.69) is 47.4 Å². The summed E-state index contributed by atoms with van der Waals surface area (Å²) in [5.41, 5.74) is 3.25. The molecule has 6 nitrogen and oxygen atoms in total. The summed E-state index contributed by atoms with van der Waals surface area (Å²) in [6, 6.07) is 12.0. The van der Waals surface area contributed by atoms with E-state index in [4.69, 9.17) is 4.74 Å². The lowest BCUT2D eigenvalue weighted by Gasteiger charge is -2.39. The van der Waals surface area contributed by atoms with Gasteiger partial charge in [0.1, 0.15) is 6.33 Å². The van der Waals surface area contributed by atoms with Gasteiger partial charge in [-0.1, -0.05) is 26.0 Å². The van der Waals surface area contributed by atoms with Gasteiger partial charge in [-0.05, 0) is 37.1 Å². The number of carbonyl (C=O) groups is 1. The van der Waals surface area contributed by atoms with Gasteiger partial charge in [0, 0.05) is 24.5 Å². The molecule has 1 aliphatic rings. The van der Waals surface area contributed by atoms with Crippen LogP contribution in [0.15, 0.2) is 42.7 Å². The Morgan fingerprint density at radius 2 is 2.00 bits per heavy atom. The fraction of sp³-hybridized carbons (Fsp3) is 0.381. The second-order valence-corrected chi connectivity index (χ2v) is 7.31. The van der Waals surface area contributed by atoms with E-state index < -0.39 is 0 Å². The van der Waals surface area contributed by atoms with E-state index in [-0.39, 0.29) is 18.6 Å². The monoisotopic (exact) mass is 364 g/mol. The fourth-order valence-corrected chi connectivity index (χ4v) is 3.95. The van der Waals surface area contributed by atoms with Crippen LogP contribution >= 0.6 is 0 Å². The van der Waals surface area contributed by atoms with Crippen molar-refractivity contribution in [1.82, 2.24) is 19.4 Å². The zero-order valence-corrected chi connectivity index (χ0v) is 15.9. The minimum Gasteiger partial charge on any atom is -0.467 e. The lowest BCUT2D eigenvalue weighted by atomic mass is 9.97. The molecule has 0 spiro atoms. The molecule has 140 valence electrons. The van der Waals surface area contributed by atoms with Crippen LogP contribution in [0.1, 0.15) is 31.3 Å². The molecule has 1 aliphatic heterocycles. The van der Waals surface area contributed by atoms with Gasteiger partial charge in [0.15, 0.2) is 6.61 Å². The number of hydrogen-bond donors (Lipinski definition) is 0. The van der Waals surface area contributed by atoms with E-state index in [0.29, 0.717) is 18.3 Å². The molecule has 27 heavy (non-hydrogen) atoms. The van der Waals surface area contributed by atoms with E-state index >= 15 is 0 Å². The van der Waals surface area contributed by atoms with Crippen LogP contribution in [0.4, 0.5) is 0 Å². The molecule has 0 N–H and O–H groups in total. The second-order valence-electron chi connectivity index (χ2n) is 7.31. The van der Waals surface area contributed by atoms with Crippen molar-refractivity contribution in [2.75, 3.05) is 13.2 Å². The summed E-state index contributed by atoms with van der Waals surface area (Å²) in [4.78, 5) is 23.4. The maximum atomic E-state index is 13.0. The van der Waals surface area contributed by atoms with Crippen LogP contribution in [0.5, 0.6) is 5.88 Å². The first-order valence-electron chi connectivity index (χ1n) is 9.34. The van der Waals surface area contributed by atoms with Gasteiger partial charge >= 0.3 is 0 Å². The van der Waals surface area contributed by atoms with Crippen molar-refractivity contribution in [2.45, 2.75) is 33.4 Å². The zero-order valence-electron chi connectivity index (χ0n) is 15.9. The van der Waals surface area contributed by atoms with Crippen LogP contribution in [0.25, 0.3) is 10.9 Å². The highest BCUT2D eigenvalue weighted by molar-refractivity contribution is 5.84. The molecule has 1 atom stereocenters. The Labute approximate surface area is 158 Å². The van der Waals surface area contributed by atoms with Crippen LogP contribution in [0.2, 0.25) is 0 Å². The minimum atomic E-state index is -0.0239. The average molecular weight is 364 g/mol. The zero-order chi connectivity index (χ0) is 19.0. The number of aryl methyl sites for hydroxylation is 1.